The molecule has 0 aliphatic carbocycles. The Hall–Kier alpha value is -2.71. The van der Waals surface area contributed by atoms with Gasteiger partial charge in [0, 0.05) is 24.4 Å². The summed E-state index contributed by atoms with van der Waals surface area (Å²) in [5.74, 6) is 0.215. The first kappa shape index (κ1) is 23.0. The molecule has 0 aliphatic rings. The number of rotatable bonds is 8. The average Bonchev–Trinajstić information content (AvgIpc) is 2.71. The molecule has 1 aromatic carbocycles. The Morgan fingerprint density at radius 3 is 2.58 bits per heavy atom. The second kappa shape index (κ2) is 9.62. The van der Waals surface area contributed by atoms with Gasteiger partial charge >= 0.3 is 6.01 Å². The Bertz CT molecular complexity index is 1230. The van der Waals surface area contributed by atoms with E-state index in [4.69, 9.17) is 16.3 Å². The molecule has 0 aliphatic heterocycles. The molecule has 9 heteroatoms. The lowest BCUT2D eigenvalue weighted by atomic mass is 10.1. The number of aryl methyl sites for hydroxylation is 2. The van der Waals surface area contributed by atoms with Crippen molar-refractivity contribution < 1.29 is 13.2 Å². The minimum absolute atomic E-state index is 0.0159. The van der Waals surface area contributed by atoms with Crippen molar-refractivity contribution in [1.29, 1.82) is 0 Å². The van der Waals surface area contributed by atoms with Crippen molar-refractivity contribution in [3.8, 4) is 23.0 Å². The molecule has 0 saturated carbocycles. The van der Waals surface area contributed by atoms with Gasteiger partial charge in [-0.25, -0.2) is 8.42 Å². The smallest absolute Gasteiger partial charge is 0.322 e. The molecule has 2 aromatic heterocycles. The van der Waals surface area contributed by atoms with Crippen LogP contribution in [0.1, 0.15) is 31.0 Å². The van der Waals surface area contributed by atoms with Crippen molar-refractivity contribution in [3.05, 3.63) is 69.2 Å². The Balaban J connectivity index is 2.07. The lowest BCUT2D eigenvalue weighted by molar-refractivity contribution is 0.441. The number of sulfone groups is 1. The number of benzene rings is 1. The van der Waals surface area contributed by atoms with Crippen LogP contribution in [0, 0.1) is 6.92 Å². The van der Waals surface area contributed by atoms with E-state index in [9.17, 15) is 13.2 Å². The van der Waals surface area contributed by atoms with Crippen LogP contribution < -0.4 is 10.3 Å². The van der Waals surface area contributed by atoms with E-state index in [1.165, 1.54) is 4.57 Å². The summed E-state index contributed by atoms with van der Waals surface area (Å²) in [5.41, 5.74) is 1.85. The third kappa shape index (κ3) is 5.92. The molecule has 0 bridgehead atoms. The second-order valence-electron chi connectivity index (χ2n) is 7.33. The van der Waals surface area contributed by atoms with Gasteiger partial charge in [-0.15, -0.1) is 0 Å². The number of nitrogens with zero attached hydrogens (tertiary/aromatic N) is 3. The molecule has 3 aromatic rings. The van der Waals surface area contributed by atoms with Gasteiger partial charge < -0.3 is 9.30 Å². The van der Waals surface area contributed by atoms with Crippen molar-refractivity contribution in [3.63, 3.8) is 0 Å². The SMILES string of the molecule is CCCCS(=O)(=O)Cc1cc(-c2cc(C)c(=O)n(C)c2)nc(Oc2ccccc2Cl)n1. The quantitative estimate of drug-likeness (QED) is 0.496. The van der Waals surface area contributed by atoms with Crippen LogP contribution in [0.3, 0.4) is 0 Å². The first-order valence-electron chi connectivity index (χ1n) is 9.87. The fourth-order valence-corrected chi connectivity index (χ4v) is 4.69. The van der Waals surface area contributed by atoms with Crippen molar-refractivity contribution in [2.45, 2.75) is 32.4 Å². The molecule has 0 spiro atoms. The third-order valence-electron chi connectivity index (χ3n) is 4.63. The summed E-state index contributed by atoms with van der Waals surface area (Å²) in [4.78, 5) is 20.8. The fraction of sp³-hybridized carbons (Fsp3) is 0.318. The lowest BCUT2D eigenvalue weighted by Crippen LogP contribution is -2.18. The zero-order valence-electron chi connectivity index (χ0n) is 17.6. The zero-order chi connectivity index (χ0) is 22.6. The molecule has 0 radical (unpaired) electrons. The van der Waals surface area contributed by atoms with Gasteiger partial charge in [0.1, 0.15) is 5.75 Å². The van der Waals surface area contributed by atoms with E-state index >= 15 is 0 Å². The molecule has 0 saturated heterocycles. The minimum Gasteiger partial charge on any atom is -0.423 e. The highest BCUT2D eigenvalue weighted by Crippen LogP contribution is 2.29. The Morgan fingerprint density at radius 2 is 1.90 bits per heavy atom. The Morgan fingerprint density at radius 1 is 1.16 bits per heavy atom. The van der Waals surface area contributed by atoms with Crippen molar-refractivity contribution in [1.82, 2.24) is 14.5 Å². The largest absolute Gasteiger partial charge is 0.423 e. The molecule has 2 heterocycles. The molecule has 0 fully saturated rings. The van der Waals surface area contributed by atoms with Crippen LogP contribution in [0.4, 0.5) is 0 Å². The van der Waals surface area contributed by atoms with Crippen LogP contribution in [0.2, 0.25) is 5.02 Å². The molecule has 0 N–H and O–H groups in total. The standard InChI is InChI=1S/C22H24ClN3O4S/c1-4-5-10-31(28,29)14-17-12-19(16-11-15(2)21(27)26(3)13-16)25-22(24-17)30-20-9-7-6-8-18(20)23/h6-9,11-13H,4-5,10,14H2,1-3H3. The number of pyridine rings is 1. The van der Waals surface area contributed by atoms with E-state index in [0.29, 0.717) is 39.7 Å². The summed E-state index contributed by atoms with van der Waals surface area (Å²) in [7, 11) is -1.69. The lowest BCUT2D eigenvalue weighted by Gasteiger charge is -2.11. The summed E-state index contributed by atoms with van der Waals surface area (Å²) in [6.45, 7) is 3.65. The van der Waals surface area contributed by atoms with E-state index in [-0.39, 0.29) is 23.1 Å². The van der Waals surface area contributed by atoms with E-state index in [1.54, 1.807) is 56.6 Å². The maximum absolute atomic E-state index is 12.5. The molecule has 3 rings (SSSR count). The number of aromatic nitrogens is 3. The maximum Gasteiger partial charge on any atom is 0.322 e. The van der Waals surface area contributed by atoms with Gasteiger partial charge in [-0.1, -0.05) is 37.1 Å². The number of hydrogen-bond acceptors (Lipinski definition) is 6. The van der Waals surface area contributed by atoms with Crippen LogP contribution in [-0.4, -0.2) is 28.7 Å². The van der Waals surface area contributed by atoms with Crippen LogP contribution in [-0.2, 0) is 22.6 Å². The second-order valence-corrected chi connectivity index (χ2v) is 9.92. The normalized spacial score (nSPS) is 11.5. The highest BCUT2D eigenvalue weighted by Gasteiger charge is 2.17. The zero-order valence-corrected chi connectivity index (χ0v) is 19.2. The predicted molar refractivity (Wildman–Crippen MR) is 121 cm³/mol. The van der Waals surface area contributed by atoms with E-state index in [0.717, 1.165) is 6.42 Å². The molecule has 0 atom stereocenters. The summed E-state index contributed by atoms with van der Waals surface area (Å²) in [6.07, 6.45) is 3.02. The fourth-order valence-electron chi connectivity index (χ4n) is 3.05. The van der Waals surface area contributed by atoms with Gasteiger partial charge in [-0.2, -0.15) is 9.97 Å². The number of para-hydroxylation sites is 1. The topological polar surface area (TPSA) is 91.2 Å². The number of halogens is 1. The van der Waals surface area contributed by atoms with Gasteiger partial charge in [0.15, 0.2) is 9.84 Å². The first-order chi connectivity index (χ1) is 14.7. The van der Waals surface area contributed by atoms with Crippen molar-refractivity contribution in [2.75, 3.05) is 5.75 Å². The Labute approximate surface area is 186 Å². The van der Waals surface area contributed by atoms with E-state index in [2.05, 4.69) is 9.97 Å². The molecule has 7 nitrogen and oxygen atoms in total. The van der Waals surface area contributed by atoms with Gasteiger partial charge in [-0.3, -0.25) is 4.79 Å². The molecule has 164 valence electrons. The maximum atomic E-state index is 12.5. The molecule has 0 amide bonds. The molecular weight excluding hydrogens is 438 g/mol. The number of hydrogen-bond donors (Lipinski definition) is 0. The van der Waals surface area contributed by atoms with Gasteiger partial charge in [-0.05, 0) is 37.6 Å². The highest BCUT2D eigenvalue weighted by atomic mass is 35.5. The van der Waals surface area contributed by atoms with Crippen LogP contribution in [0.25, 0.3) is 11.3 Å². The van der Waals surface area contributed by atoms with Gasteiger partial charge in [0.25, 0.3) is 5.56 Å². The van der Waals surface area contributed by atoms with Crippen LogP contribution in [0.5, 0.6) is 11.8 Å². The Kier molecular flexibility index (Phi) is 7.12. The van der Waals surface area contributed by atoms with Crippen molar-refractivity contribution in [2.24, 2.45) is 7.05 Å². The molecular formula is C22H24ClN3O4S. The van der Waals surface area contributed by atoms with Gasteiger partial charge in [0.05, 0.1) is 27.9 Å². The van der Waals surface area contributed by atoms with Crippen LogP contribution >= 0.6 is 11.6 Å². The summed E-state index contributed by atoms with van der Waals surface area (Å²) in [5, 5.41) is 0.381. The van der Waals surface area contributed by atoms with Crippen LogP contribution in [0.15, 0.2) is 47.4 Å². The number of ether oxygens (including phenoxy) is 1. The number of unbranched alkanes of at least 4 members (excludes halogenated alkanes) is 1. The van der Waals surface area contributed by atoms with Gasteiger partial charge in [0.2, 0.25) is 0 Å². The summed E-state index contributed by atoms with van der Waals surface area (Å²) in [6, 6.07) is 10.2. The highest BCUT2D eigenvalue weighted by molar-refractivity contribution is 7.90. The molecule has 31 heavy (non-hydrogen) atoms. The van der Waals surface area contributed by atoms with Crippen molar-refractivity contribution >= 4 is 21.4 Å². The molecule has 0 unspecified atom stereocenters. The van der Waals surface area contributed by atoms with E-state index < -0.39 is 9.84 Å². The predicted octanol–water partition coefficient (Wildman–Crippen LogP) is 4.31. The van der Waals surface area contributed by atoms with E-state index in [1.807, 2.05) is 6.92 Å². The average molecular weight is 462 g/mol. The summed E-state index contributed by atoms with van der Waals surface area (Å²) >= 11 is 6.18. The summed E-state index contributed by atoms with van der Waals surface area (Å²) < 4.78 is 32.3. The minimum atomic E-state index is -3.34. The first-order valence-corrected chi connectivity index (χ1v) is 12.1. The monoisotopic (exact) mass is 461 g/mol. The third-order valence-corrected chi connectivity index (χ3v) is 6.59.